The predicted molar refractivity (Wildman–Crippen MR) is 83.8 cm³/mol. The predicted octanol–water partition coefficient (Wildman–Crippen LogP) is 4.27. The van der Waals surface area contributed by atoms with Gasteiger partial charge in [-0.2, -0.15) is 0 Å². The summed E-state index contributed by atoms with van der Waals surface area (Å²) in [5, 5.41) is 0.346. The molecule has 0 saturated carbocycles. The monoisotopic (exact) mass is 353 g/mol. The lowest BCUT2D eigenvalue weighted by Crippen LogP contribution is -2.14. The summed E-state index contributed by atoms with van der Waals surface area (Å²) in [6, 6.07) is 11.2. The van der Waals surface area contributed by atoms with Crippen LogP contribution in [0.4, 0.5) is 10.1 Å². The van der Waals surface area contributed by atoms with Crippen LogP contribution in [-0.4, -0.2) is 11.9 Å². The molecule has 1 unspecified atom stereocenters. The summed E-state index contributed by atoms with van der Waals surface area (Å²) >= 11 is 4.90. The molecule has 2 nitrogen and oxygen atoms in total. The second-order valence-electron chi connectivity index (χ2n) is 4.67. The Morgan fingerprint density at radius 3 is 2.95 bits per heavy atom. The molecule has 1 aliphatic heterocycles. The van der Waals surface area contributed by atoms with Gasteiger partial charge in [0.15, 0.2) is 0 Å². The molecule has 0 radical (unpaired) electrons. The van der Waals surface area contributed by atoms with E-state index in [1.807, 2.05) is 12.1 Å². The third-order valence-corrected chi connectivity index (χ3v) is 5.09. The van der Waals surface area contributed by atoms with E-state index >= 15 is 0 Å². The lowest BCUT2D eigenvalue weighted by atomic mass is 10.1. The zero-order chi connectivity index (χ0) is 14.1. The van der Waals surface area contributed by atoms with E-state index in [9.17, 15) is 4.39 Å². The van der Waals surface area contributed by atoms with Crippen LogP contribution in [0, 0.1) is 5.82 Å². The topological polar surface area (TPSA) is 35.2 Å². The lowest BCUT2D eigenvalue weighted by molar-refractivity contribution is 0.317. The first-order valence-electron chi connectivity index (χ1n) is 6.25. The Kier molecular flexibility index (Phi) is 3.89. The fourth-order valence-electron chi connectivity index (χ4n) is 2.20. The van der Waals surface area contributed by atoms with Crippen LogP contribution in [-0.2, 0) is 6.42 Å². The van der Waals surface area contributed by atoms with Crippen molar-refractivity contribution in [2.24, 2.45) is 0 Å². The molecule has 1 aliphatic rings. The molecule has 0 spiro atoms. The van der Waals surface area contributed by atoms with E-state index in [1.165, 1.54) is 22.6 Å². The SMILES string of the molecule is Nc1cc(Br)c(F)cc1OCC1Cc2ccccc2S1. The maximum absolute atomic E-state index is 13.5. The molecular formula is C15H13BrFNOS. The smallest absolute Gasteiger partial charge is 0.145 e. The van der Waals surface area contributed by atoms with Crippen molar-refractivity contribution >= 4 is 33.4 Å². The standard InChI is InChI=1S/C15H13BrFNOS/c16-11-6-13(18)14(7-12(11)17)19-8-10-5-9-3-1-2-4-15(9)20-10/h1-4,6-7,10H,5,8,18H2. The van der Waals surface area contributed by atoms with Crippen molar-refractivity contribution in [3.8, 4) is 5.75 Å². The molecule has 0 aliphatic carbocycles. The number of halogens is 2. The fourth-order valence-corrected chi connectivity index (χ4v) is 3.78. The summed E-state index contributed by atoms with van der Waals surface area (Å²) in [5.74, 6) is 0.0406. The summed E-state index contributed by atoms with van der Waals surface area (Å²) in [7, 11) is 0. The molecular weight excluding hydrogens is 341 g/mol. The van der Waals surface area contributed by atoms with Crippen molar-refractivity contribution < 1.29 is 9.13 Å². The Morgan fingerprint density at radius 2 is 2.15 bits per heavy atom. The molecule has 104 valence electrons. The molecule has 0 fully saturated rings. The second kappa shape index (κ2) is 5.66. The van der Waals surface area contributed by atoms with E-state index in [0.29, 0.717) is 27.8 Å². The van der Waals surface area contributed by atoms with Crippen molar-refractivity contribution in [2.75, 3.05) is 12.3 Å². The maximum atomic E-state index is 13.5. The lowest BCUT2D eigenvalue weighted by Gasteiger charge is -2.13. The van der Waals surface area contributed by atoms with Gasteiger partial charge in [-0.1, -0.05) is 18.2 Å². The number of anilines is 1. The van der Waals surface area contributed by atoms with Gasteiger partial charge < -0.3 is 10.5 Å². The molecule has 0 bridgehead atoms. The first-order chi connectivity index (χ1) is 9.63. The normalized spacial score (nSPS) is 17.0. The fraction of sp³-hybridized carbons (Fsp3) is 0.200. The van der Waals surface area contributed by atoms with Gasteiger partial charge in [0.25, 0.3) is 0 Å². The number of benzene rings is 2. The van der Waals surface area contributed by atoms with E-state index in [1.54, 1.807) is 11.8 Å². The number of hydrogen-bond donors (Lipinski definition) is 1. The average Bonchev–Trinajstić information content (AvgIpc) is 2.84. The van der Waals surface area contributed by atoms with Gasteiger partial charge >= 0.3 is 0 Å². The number of thioether (sulfide) groups is 1. The van der Waals surface area contributed by atoms with Crippen LogP contribution < -0.4 is 10.5 Å². The molecule has 2 aromatic carbocycles. The Balaban J connectivity index is 1.66. The van der Waals surface area contributed by atoms with Crippen LogP contribution in [0.5, 0.6) is 5.75 Å². The molecule has 0 aromatic heterocycles. The Labute approximate surface area is 129 Å². The van der Waals surface area contributed by atoms with Crippen LogP contribution in [0.25, 0.3) is 0 Å². The van der Waals surface area contributed by atoms with Gasteiger partial charge in [0.2, 0.25) is 0 Å². The largest absolute Gasteiger partial charge is 0.490 e. The van der Waals surface area contributed by atoms with Crippen LogP contribution in [0.1, 0.15) is 5.56 Å². The third kappa shape index (κ3) is 2.79. The van der Waals surface area contributed by atoms with E-state index in [-0.39, 0.29) is 5.82 Å². The molecule has 1 atom stereocenters. The number of ether oxygens (including phenoxy) is 1. The van der Waals surface area contributed by atoms with Crippen molar-refractivity contribution in [3.05, 3.63) is 52.3 Å². The molecule has 1 heterocycles. The van der Waals surface area contributed by atoms with Crippen LogP contribution >= 0.6 is 27.7 Å². The van der Waals surface area contributed by atoms with Gasteiger partial charge in [-0.05, 0) is 40.0 Å². The molecule has 3 rings (SSSR count). The molecule has 5 heteroatoms. The Bertz CT molecular complexity index is 625. The summed E-state index contributed by atoms with van der Waals surface area (Å²) < 4.78 is 19.5. The Hall–Kier alpha value is -1.20. The number of nitrogens with two attached hydrogens (primary N) is 1. The van der Waals surface area contributed by atoms with Crippen molar-refractivity contribution in [2.45, 2.75) is 16.6 Å². The van der Waals surface area contributed by atoms with Gasteiger partial charge in [0.1, 0.15) is 18.2 Å². The highest BCUT2D eigenvalue weighted by atomic mass is 79.9. The van der Waals surface area contributed by atoms with E-state index in [4.69, 9.17) is 10.5 Å². The Morgan fingerprint density at radius 1 is 1.35 bits per heavy atom. The summed E-state index contributed by atoms with van der Waals surface area (Å²) in [4.78, 5) is 1.30. The van der Waals surface area contributed by atoms with Crippen molar-refractivity contribution in [1.29, 1.82) is 0 Å². The average molecular weight is 354 g/mol. The third-order valence-electron chi connectivity index (χ3n) is 3.19. The first-order valence-corrected chi connectivity index (χ1v) is 7.92. The first kappa shape index (κ1) is 13.8. The van der Waals surface area contributed by atoms with Gasteiger partial charge in [-0.15, -0.1) is 11.8 Å². The van der Waals surface area contributed by atoms with Crippen LogP contribution in [0.2, 0.25) is 0 Å². The minimum absolute atomic E-state index is 0.346. The summed E-state index contributed by atoms with van der Waals surface area (Å²) in [6.45, 7) is 0.518. The number of nitrogen functional groups attached to an aromatic ring is 1. The minimum Gasteiger partial charge on any atom is -0.490 e. The highest BCUT2D eigenvalue weighted by molar-refractivity contribution is 9.10. The van der Waals surface area contributed by atoms with Gasteiger partial charge in [0, 0.05) is 16.2 Å². The molecule has 0 amide bonds. The molecule has 2 aromatic rings. The molecule has 0 saturated heterocycles. The van der Waals surface area contributed by atoms with Crippen molar-refractivity contribution in [3.63, 3.8) is 0 Å². The zero-order valence-corrected chi connectivity index (χ0v) is 13.0. The number of fused-ring (bicyclic) bond motifs is 1. The highest BCUT2D eigenvalue weighted by Crippen LogP contribution is 2.37. The summed E-state index contributed by atoms with van der Waals surface area (Å²) in [6.07, 6.45) is 0.972. The quantitative estimate of drug-likeness (QED) is 0.837. The number of hydrogen-bond acceptors (Lipinski definition) is 3. The van der Waals surface area contributed by atoms with E-state index in [2.05, 4.69) is 28.1 Å². The zero-order valence-electron chi connectivity index (χ0n) is 10.6. The van der Waals surface area contributed by atoms with Crippen molar-refractivity contribution in [1.82, 2.24) is 0 Å². The minimum atomic E-state index is -0.364. The maximum Gasteiger partial charge on any atom is 0.145 e. The van der Waals surface area contributed by atoms with Crippen LogP contribution in [0.15, 0.2) is 45.8 Å². The number of rotatable bonds is 3. The molecule has 20 heavy (non-hydrogen) atoms. The molecule has 2 N–H and O–H groups in total. The van der Waals surface area contributed by atoms with Gasteiger partial charge in [-0.25, -0.2) is 4.39 Å². The highest BCUT2D eigenvalue weighted by Gasteiger charge is 2.22. The van der Waals surface area contributed by atoms with E-state index < -0.39 is 0 Å². The van der Waals surface area contributed by atoms with Crippen LogP contribution in [0.3, 0.4) is 0 Å². The van der Waals surface area contributed by atoms with E-state index in [0.717, 1.165) is 6.42 Å². The summed E-state index contributed by atoms with van der Waals surface area (Å²) in [5.41, 5.74) is 7.62. The van der Waals surface area contributed by atoms with Gasteiger partial charge in [-0.3, -0.25) is 0 Å². The van der Waals surface area contributed by atoms with Gasteiger partial charge in [0.05, 0.1) is 10.2 Å². The second-order valence-corrected chi connectivity index (χ2v) is 6.86.